The van der Waals surface area contributed by atoms with Crippen molar-refractivity contribution in [2.75, 3.05) is 11.9 Å². The van der Waals surface area contributed by atoms with Crippen LogP contribution in [0.4, 0.5) is 5.13 Å². The molecule has 3 aromatic heterocycles. The van der Waals surface area contributed by atoms with Gasteiger partial charge in [0, 0.05) is 24.4 Å². The van der Waals surface area contributed by atoms with E-state index >= 15 is 0 Å². The van der Waals surface area contributed by atoms with Gasteiger partial charge >= 0.3 is 0 Å². The summed E-state index contributed by atoms with van der Waals surface area (Å²) >= 11 is 1.31. The highest BCUT2D eigenvalue weighted by Crippen LogP contribution is 2.16. The highest BCUT2D eigenvalue weighted by Gasteiger charge is 2.12. The summed E-state index contributed by atoms with van der Waals surface area (Å²) in [6.07, 6.45) is 4.36. The first-order valence-corrected chi connectivity index (χ1v) is 8.41. The molecule has 3 rings (SSSR count). The summed E-state index contributed by atoms with van der Waals surface area (Å²) < 4.78 is 10.3. The molecule has 0 aliphatic heterocycles. The highest BCUT2D eigenvalue weighted by molar-refractivity contribution is 7.13. The second kappa shape index (κ2) is 8.20. The molecule has 0 aromatic carbocycles. The molecule has 0 atom stereocenters. The molecule has 0 bridgehead atoms. The van der Waals surface area contributed by atoms with Crippen LogP contribution in [-0.4, -0.2) is 33.5 Å². The van der Waals surface area contributed by atoms with Crippen molar-refractivity contribution >= 4 is 28.3 Å². The van der Waals surface area contributed by atoms with Crippen LogP contribution in [0.15, 0.2) is 38.9 Å². The van der Waals surface area contributed by atoms with Gasteiger partial charge in [0.25, 0.3) is 0 Å². The molecule has 130 valence electrons. The van der Waals surface area contributed by atoms with Crippen molar-refractivity contribution in [3.05, 3.63) is 35.9 Å². The number of aryl methyl sites for hydroxylation is 1. The van der Waals surface area contributed by atoms with Gasteiger partial charge < -0.3 is 19.6 Å². The van der Waals surface area contributed by atoms with E-state index in [-0.39, 0.29) is 24.8 Å². The summed E-state index contributed by atoms with van der Waals surface area (Å²) in [6.45, 7) is -0.0956. The first kappa shape index (κ1) is 16.8. The number of furan rings is 1. The number of nitrogens with zero attached hydrogens (tertiary/aromatic N) is 3. The molecule has 2 amide bonds. The van der Waals surface area contributed by atoms with Crippen molar-refractivity contribution in [2.45, 2.75) is 19.3 Å². The summed E-state index contributed by atoms with van der Waals surface area (Å²) in [7, 11) is 0. The Bertz CT molecular complexity index is 813. The maximum absolute atomic E-state index is 11.7. The lowest BCUT2D eigenvalue weighted by Gasteiger charge is -2.04. The molecule has 0 fully saturated rings. The minimum absolute atomic E-state index is 0.0956. The standard InChI is InChI=1S/C15H15N5O4S/c21-11(17-9-12(22)18-15-16-6-8-25-15)4-1-5-13-19-14(20-24-13)10-3-2-7-23-10/h2-3,6-8H,1,4-5,9H2,(H,17,21)(H,16,18,22). The summed E-state index contributed by atoms with van der Waals surface area (Å²) in [4.78, 5) is 31.5. The van der Waals surface area contributed by atoms with Gasteiger partial charge in [0.1, 0.15) is 0 Å². The van der Waals surface area contributed by atoms with Gasteiger partial charge in [-0.15, -0.1) is 11.3 Å². The van der Waals surface area contributed by atoms with Crippen LogP contribution in [0.5, 0.6) is 0 Å². The molecule has 3 aromatic rings. The second-order valence-corrected chi connectivity index (χ2v) is 5.90. The van der Waals surface area contributed by atoms with Gasteiger partial charge in [0.2, 0.25) is 23.5 Å². The van der Waals surface area contributed by atoms with Crippen LogP contribution in [0.25, 0.3) is 11.6 Å². The van der Waals surface area contributed by atoms with E-state index in [9.17, 15) is 9.59 Å². The molecule has 0 unspecified atom stereocenters. The van der Waals surface area contributed by atoms with E-state index in [0.29, 0.717) is 35.4 Å². The van der Waals surface area contributed by atoms with Gasteiger partial charge in [-0.05, 0) is 18.6 Å². The summed E-state index contributed by atoms with van der Waals surface area (Å²) in [6, 6.07) is 3.47. The van der Waals surface area contributed by atoms with Crippen LogP contribution in [0.1, 0.15) is 18.7 Å². The number of aromatic nitrogens is 3. The number of carbonyl (C=O) groups excluding carboxylic acids is 2. The van der Waals surface area contributed by atoms with Crippen molar-refractivity contribution < 1.29 is 18.5 Å². The molecular weight excluding hydrogens is 346 g/mol. The maximum Gasteiger partial charge on any atom is 0.245 e. The predicted octanol–water partition coefficient (Wildman–Crippen LogP) is 1.86. The fraction of sp³-hybridized carbons (Fsp3) is 0.267. The largest absolute Gasteiger partial charge is 0.461 e. The van der Waals surface area contributed by atoms with Crippen LogP contribution in [0.3, 0.4) is 0 Å². The Morgan fingerprint density at radius 2 is 2.20 bits per heavy atom. The quantitative estimate of drug-likeness (QED) is 0.627. The van der Waals surface area contributed by atoms with E-state index in [1.54, 1.807) is 23.7 Å². The van der Waals surface area contributed by atoms with Gasteiger partial charge in [-0.1, -0.05) is 5.16 Å². The maximum atomic E-state index is 11.7. The summed E-state index contributed by atoms with van der Waals surface area (Å²) in [5.74, 6) is 0.798. The first-order chi connectivity index (χ1) is 12.2. The number of carbonyl (C=O) groups is 2. The number of anilines is 1. The lowest BCUT2D eigenvalue weighted by molar-refractivity contribution is -0.124. The minimum Gasteiger partial charge on any atom is -0.461 e. The Kier molecular flexibility index (Phi) is 5.52. The summed E-state index contributed by atoms with van der Waals surface area (Å²) in [5, 5.41) is 11.2. The van der Waals surface area contributed by atoms with Crippen LogP contribution < -0.4 is 10.6 Å². The van der Waals surface area contributed by atoms with Crippen LogP contribution in [0.2, 0.25) is 0 Å². The van der Waals surface area contributed by atoms with E-state index in [0.717, 1.165) is 0 Å². The number of nitrogens with one attached hydrogen (secondary N) is 2. The number of thiazole rings is 1. The number of hydrogen-bond acceptors (Lipinski definition) is 8. The molecule has 0 radical (unpaired) electrons. The molecule has 9 nitrogen and oxygen atoms in total. The molecule has 0 aliphatic carbocycles. The molecule has 2 N–H and O–H groups in total. The molecule has 0 saturated heterocycles. The topological polar surface area (TPSA) is 123 Å². The second-order valence-electron chi connectivity index (χ2n) is 5.00. The molecule has 0 saturated carbocycles. The minimum atomic E-state index is -0.316. The Morgan fingerprint density at radius 3 is 2.96 bits per heavy atom. The third-order valence-corrected chi connectivity index (χ3v) is 3.82. The first-order valence-electron chi connectivity index (χ1n) is 7.53. The highest BCUT2D eigenvalue weighted by atomic mass is 32.1. The fourth-order valence-electron chi connectivity index (χ4n) is 1.98. The Labute approximate surface area is 146 Å². The van der Waals surface area contributed by atoms with Gasteiger partial charge in [-0.2, -0.15) is 4.98 Å². The van der Waals surface area contributed by atoms with Crippen molar-refractivity contribution in [1.82, 2.24) is 20.4 Å². The third-order valence-electron chi connectivity index (χ3n) is 3.13. The SMILES string of the molecule is O=C(CCCc1nc(-c2ccco2)no1)NCC(=O)Nc1nccs1. The van der Waals surface area contributed by atoms with Crippen molar-refractivity contribution in [3.8, 4) is 11.6 Å². The molecule has 10 heteroatoms. The Balaban J connectivity index is 1.34. The fourth-order valence-corrected chi connectivity index (χ4v) is 2.52. The zero-order chi connectivity index (χ0) is 17.5. The predicted molar refractivity (Wildman–Crippen MR) is 88.7 cm³/mol. The van der Waals surface area contributed by atoms with Gasteiger partial charge in [0.15, 0.2) is 10.9 Å². The molecule has 0 spiro atoms. The van der Waals surface area contributed by atoms with Crippen molar-refractivity contribution in [3.63, 3.8) is 0 Å². The Morgan fingerprint density at radius 1 is 1.28 bits per heavy atom. The van der Waals surface area contributed by atoms with E-state index in [1.165, 1.54) is 17.6 Å². The number of rotatable bonds is 8. The van der Waals surface area contributed by atoms with Gasteiger partial charge in [-0.3, -0.25) is 9.59 Å². The van der Waals surface area contributed by atoms with E-state index < -0.39 is 0 Å². The molecule has 25 heavy (non-hydrogen) atoms. The van der Waals surface area contributed by atoms with Crippen LogP contribution in [-0.2, 0) is 16.0 Å². The average molecular weight is 361 g/mol. The monoisotopic (exact) mass is 361 g/mol. The van der Waals surface area contributed by atoms with E-state index in [1.807, 2.05) is 0 Å². The van der Waals surface area contributed by atoms with Crippen molar-refractivity contribution in [2.24, 2.45) is 0 Å². The van der Waals surface area contributed by atoms with E-state index in [2.05, 4.69) is 25.8 Å². The molecular formula is C15H15N5O4S. The van der Waals surface area contributed by atoms with Gasteiger partial charge in [-0.25, -0.2) is 4.98 Å². The zero-order valence-electron chi connectivity index (χ0n) is 13.1. The third kappa shape index (κ3) is 4.98. The molecule has 0 aliphatic rings. The van der Waals surface area contributed by atoms with Crippen LogP contribution in [0, 0.1) is 0 Å². The Hall–Kier alpha value is -3.01. The van der Waals surface area contributed by atoms with E-state index in [4.69, 9.17) is 8.94 Å². The average Bonchev–Trinajstić information content (AvgIpc) is 3.34. The molecule has 3 heterocycles. The van der Waals surface area contributed by atoms with Crippen LogP contribution >= 0.6 is 11.3 Å². The normalized spacial score (nSPS) is 10.6. The van der Waals surface area contributed by atoms with Crippen molar-refractivity contribution in [1.29, 1.82) is 0 Å². The lowest BCUT2D eigenvalue weighted by Crippen LogP contribution is -2.32. The zero-order valence-corrected chi connectivity index (χ0v) is 13.9. The number of hydrogen-bond donors (Lipinski definition) is 2. The smallest absolute Gasteiger partial charge is 0.245 e. The number of amides is 2. The summed E-state index contributed by atoms with van der Waals surface area (Å²) in [5.41, 5.74) is 0. The lowest BCUT2D eigenvalue weighted by atomic mass is 10.2. The van der Waals surface area contributed by atoms with Gasteiger partial charge in [0.05, 0.1) is 12.8 Å².